The fourth-order valence-electron chi connectivity index (χ4n) is 2.94. The van der Waals surface area contributed by atoms with E-state index in [0.717, 1.165) is 17.7 Å². The van der Waals surface area contributed by atoms with Crippen LogP contribution < -0.4 is 9.80 Å². The zero-order valence-corrected chi connectivity index (χ0v) is 16.5. The maximum absolute atomic E-state index is 12.5. The van der Waals surface area contributed by atoms with Crippen LogP contribution in [0.5, 0.6) is 0 Å². The predicted molar refractivity (Wildman–Crippen MR) is 106 cm³/mol. The van der Waals surface area contributed by atoms with E-state index in [2.05, 4.69) is 15.1 Å². The zero-order valence-electron chi connectivity index (χ0n) is 16.5. The molecule has 0 aliphatic rings. The summed E-state index contributed by atoms with van der Waals surface area (Å²) in [7, 11) is 7.52. The third-order valence-corrected chi connectivity index (χ3v) is 4.51. The molecule has 0 radical (unpaired) electrons. The third kappa shape index (κ3) is 3.88. The van der Waals surface area contributed by atoms with Crippen LogP contribution in [0.2, 0.25) is 0 Å². The molecule has 0 N–H and O–H groups in total. The molecule has 0 amide bonds. The fraction of sp³-hybridized carbons (Fsp3) is 0.368. The van der Waals surface area contributed by atoms with Crippen molar-refractivity contribution in [2.75, 3.05) is 37.6 Å². The van der Waals surface area contributed by atoms with Gasteiger partial charge in [0.05, 0.1) is 18.8 Å². The molecule has 0 aliphatic heterocycles. The molecule has 8 nitrogen and oxygen atoms in total. The minimum atomic E-state index is -0.468. The topological polar surface area (TPSA) is 72.1 Å². The van der Waals surface area contributed by atoms with Crippen molar-refractivity contribution in [1.29, 1.82) is 0 Å². The largest absolute Gasteiger partial charge is 0.363 e. The minimum absolute atomic E-state index is 0.219. The van der Waals surface area contributed by atoms with Gasteiger partial charge in [-0.25, -0.2) is 14.4 Å². The summed E-state index contributed by atoms with van der Waals surface area (Å²) >= 11 is 0. The van der Waals surface area contributed by atoms with Gasteiger partial charge in [0.15, 0.2) is 12.1 Å². The SMILES string of the molecule is CN(C)c1ccc(-c2nc(CN(C)c3ccn(CCF)n3)c(C=O)n2C)cn1. The van der Waals surface area contributed by atoms with Crippen molar-refractivity contribution in [2.24, 2.45) is 7.05 Å². The number of anilines is 2. The van der Waals surface area contributed by atoms with Crippen molar-refractivity contribution in [1.82, 2.24) is 24.3 Å². The van der Waals surface area contributed by atoms with E-state index in [0.29, 0.717) is 29.6 Å². The van der Waals surface area contributed by atoms with Crippen LogP contribution in [0, 0.1) is 0 Å². The van der Waals surface area contributed by atoms with E-state index in [-0.39, 0.29) is 6.54 Å². The summed E-state index contributed by atoms with van der Waals surface area (Å²) in [5.74, 6) is 2.21. The van der Waals surface area contributed by atoms with Gasteiger partial charge in [-0.1, -0.05) is 0 Å². The second-order valence-electron chi connectivity index (χ2n) is 6.73. The van der Waals surface area contributed by atoms with E-state index in [9.17, 15) is 9.18 Å². The Morgan fingerprint density at radius 2 is 1.96 bits per heavy atom. The number of carbonyl (C=O) groups is 1. The van der Waals surface area contributed by atoms with Crippen molar-refractivity contribution < 1.29 is 9.18 Å². The molecular formula is C19H24FN7O. The highest BCUT2D eigenvalue weighted by Gasteiger charge is 2.18. The number of aryl methyl sites for hydroxylation is 1. The number of aldehydes is 1. The lowest BCUT2D eigenvalue weighted by Crippen LogP contribution is -2.19. The average molecular weight is 385 g/mol. The molecular weight excluding hydrogens is 361 g/mol. The Bertz CT molecular complexity index is 946. The maximum atomic E-state index is 12.5. The summed E-state index contributed by atoms with van der Waals surface area (Å²) in [4.78, 5) is 24.6. The van der Waals surface area contributed by atoms with Gasteiger partial charge in [0.25, 0.3) is 0 Å². The molecule has 0 saturated heterocycles. The molecule has 28 heavy (non-hydrogen) atoms. The zero-order chi connectivity index (χ0) is 20.3. The Balaban J connectivity index is 1.87. The molecule has 3 aromatic heterocycles. The van der Waals surface area contributed by atoms with E-state index in [1.54, 1.807) is 21.6 Å². The van der Waals surface area contributed by atoms with Gasteiger partial charge in [0, 0.05) is 52.2 Å². The van der Waals surface area contributed by atoms with Crippen molar-refractivity contribution in [3.05, 3.63) is 42.0 Å². The van der Waals surface area contributed by atoms with Crippen molar-refractivity contribution >= 4 is 17.9 Å². The number of aromatic nitrogens is 5. The molecule has 0 saturated carbocycles. The predicted octanol–water partition coefficient (Wildman–Crippen LogP) is 2.16. The molecule has 148 valence electrons. The summed E-state index contributed by atoms with van der Waals surface area (Å²) in [6.45, 7) is 0.152. The monoisotopic (exact) mass is 385 g/mol. The van der Waals surface area contributed by atoms with Gasteiger partial charge in [-0.05, 0) is 12.1 Å². The van der Waals surface area contributed by atoms with Gasteiger partial charge in [0.2, 0.25) is 0 Å². The first-order valence-corrected chi connectivity index (χ1v) is 8.89. The first-order chi connectivity index (χ1) is 13.4. The van der Waals surface area contributed by atoms with Gasteiger partial charge in [-0.2, -0.15) is 5.10 Å². The average Bonchev–Trinajstić information content (AvgIpc) is 3.26. The Kier molecular flexibility index (Phi) is 5.72. The standard InChI is InChI=1S/C19H24FN7O/c1-24(2)17-6-5-14(11-21-17)19-22-15(16(13-28)26(19)4)12-25(3)18-7-9-27(23-18)10-8-20/h5-7,9,11,13H,8,10,12H2,1-4H3. The quantitative estimate of drug-likeness (QED) is 0.554. The molecule has 3 rings (SSSR count). The highest BCUT2D eigenvalue weighted by molar-refractivity contribution is 5.77. The molecule has 0 aromatic carbocycles. The Hall–Kier alpha value is -3.23. The summed E-state index contributed by atoms with van der Waals surface area (Å²) in [5, 5.41) is 4.33. The van der Waals surface area contributed by atoms with Gasteiger partial charge >= 0.3 is 0 Å². The Morgan fingerprint density at radius 1 is 1.18 bits per heavy atom. The smallest absolute Gasteiger partial charge is 0.168 e. The van der Waals surface area contributed by atoms with Crippen molar-refractivity contribution in [2.45, 2.75) is 13.1 Å². The summed E-state index contributed by atoms with van der Waals surface area (Å²) in [5.41, 5.74) is 1.98. The van der Waals surface area contributed by atoms with E-state index in [1.807, 2.05) is 56.2 Å². The van der Waals surface area contributed by atoms with Crippen LogP contribution in [0.1, 0.15) is 16.2 Å². The molecule has 0 fully saturated rings. The highest BCUT2D eigenvalue weighted by atomic mass is 19.1. The molecule has 3 heterocycles. The third-order valence-electron chi connectivity index (χ3n) is 4.51. The van der Waals surface area contributed by atoms with Crippen LogP contribution >= 0.6 is 0 Å². The number of alkyl halides is 1. The first-order valence-electron chi connectivity index (χ1n) is 8.89. The van der Waals surface area contributed by atoms with Crippen LogP contribution in [0.3, 0.4) is 0 Å². The molecule has 9 heteroatoms. The number of imidazole rings is 1. The van der Waals surface area contributed by atoms with Crippen LogP contribution in [0.25, 0.3) is 11.4 Å². The van der Waals surface area contributed by atoms with E-state index in [4.69, 9.17) is 0 Å². The normalized spacial score (nSPS) is 10.9. The number of hydrogen-bond acceptors (Lipinski definition) is 6. The fourth-order valence-corrected chi connectivity index (χ4v) is 2.94. The number of hydrogen-bond donors (Lipinski definition) is 0. The molecule has 0 aliphatic carbocycles. The second-order valence-corrected chi connectivity index (χ2v) is 6.73. The van der Waals surface area contributed by atoms with Gasteiger partial charge < -0.3 is 14.4 Å². The highest BCUT2D eigenvalue weighted by Crippen LogP contribution is 2.23. The summed E-state index contributed by atoms with van der Waals surface area (Å²) < 4.78 is 15.8. The maximum Gasteiger partial charge on any atom is 0.168 e. The Labute approximate surface area is 163 Å². The molecule has 0 unspecified atom stereocenters. The number of rotatable bonds is 8. The number of halogens is 1. The lowest BCUT2D eigenvalue weighted by molar-refractivity contribution is 0.111. The summed E-state index contributed by atoms with van der Waals surface area (Å²) in [6.07, 6.45) is 4.29. The van der Waals surface area contributed by atoms with Crippen LogP contribution in [-0.4, -0.2) is 58.4 Å². The second kappa shape index (κ2) is 8.20. The number of nitrogens with zero attached hydrogens (tertiary/aromatic N) is 7. The van der Waals surface area contributed by atoms with Crippen molar-refractivity contribution in [3.63, 3.8) is 0 Å². The van der Waals surface area contributed by atoms with E-state index < -0.39 is 6.67 Å². The summed E-state index contributed by atoms with van der Waals surface area (Å²) in [6, 6.07) is 5.66. The van der Waals surface area contributed by atoms with Crippen LogP contribution in [0.4, 0.5) is 16.0 Å². The first kappa shape index (κ1) is 19.5. The van der Waals surface area contributed by atoms with Gasteiger partial charge in [-0.3, -0.25) is 9.48 Å². The molecule has 0 bridgehead atoms. The molecule has 0 spiro atoms. The van der Waals surface area contributed by atoms with Gasteiger partial charge in [0.1, 0.15) is 24.0 Å². The van der Waals surface area contributed by atoms with E-state index in [1.165, 1.54) is 0 Å². The molecule has 3 aromatic rings. The van der Waals surface area contributed by atoms with Gasteiger partial charge in [-0.15, -0.1) is 0 Å². The Morgan fingerprint density at radius 3 is 2.57 bits per heavy atom. The van der Waals surface area contributed by atoms with E-state index >= 15 is 0 Å². The lowest BCUT2D eigenvalue weighted by atomic mass is 10.2. The number of carbonyl (C=O) groups excluding carboxylic acids is 1. The minimum Gasteiger partial charge on any atom is -0.363 e. The van der Waals surface area contributed by atoms with Crippen LogP contribution in [-0.2, 0) is 20.1 Å². The lowest BCUT2D eigenvalue weighted by Gasteiger charge is -2.15. The molecule has 0 atom stereocenters. The number of pyridine rings is 1. The van der Waals surface area contributed by atoms with Crippen molar-refractivity contribution in [3.8, 4) is 11.4 Å². The van der Waals surface area contributed by atoms with Crippen LogP contribution in [0.15, 0.2) is 30.6 Å².